The van der Waals surface area contributed by atoms with Crippen molar-refractivity contribution in [2.45, 2.75) is 95.1 Å². The van der Waals surface area contributed by atoms with E-state index in [1.165, 1.54) is 0 Å². The fourth-order valence-electron chi connectivity index (χ4n) is 5.28. The lowest BCUT2D eigenvalue weighted by Gasteiger charge is -2.34. The second kappa shape index (κ2) is 14.3. The first kappa shape index (κ1) is 33.1. The maximum absolute atomic E-state index is 14.3. The minimum Gasteiger partial charge on any atom is -0.494 e. The minimum absolute atomic E-state index is 0.00142. The van der Waals surface area contributed by atoms with E-state index in [9.17, 15) is 14.7 Å². The molecule has 9 nitrogen and oxygen atoms in total. The van der Waals surface area contributed by atoms with Crippen LogP contribution in [0.3, 0.4) is 0 Å². The lowest BCUT2D eigenvalue weighted by Crippen LogP contribution is -2.52. The predicted octanol–water partition coefficient (Wildman–Crippen LogP) is 5.55. The van der Waals surface area contributed by atoms with Gasteiger partial charge in [0.2, 0.25) is 5.90 Å². The third-order valence-corrected chi connectivity index (χ3v) is 8.00. The zero-order valence-corrected chi connectivity index (χ0v) is 26.3. The van der Waals surface area contributed by atoms with E-state index in [2.05, 4.69) is 5.32 Å². The summed E-state index contributed by atoms with van der Waals surface area (Å²) in [6.45, 7) is 5.76. The molecule has 4 rings (SSSR count). The Bertz CT molecular complexity index is 1300. The molecule has 2 aromatic carbocycles. The fraction of sp³-hybridized carbons (Fsp3) is 0.531. The number of amides is 1. The van der Waals surface area contributed by atoms with Gasteiger partial charge in [0.25, 0.3) is 5.91 Å². The van der Waals surface area contributed by atoms with Gasteiger partial charge in [0, 0.05) is 46.7 Å². The number of halogens is 2. The summed E-state index contributed by atoms with van der Waals surface area (Å²) in [5.41, 5.74) is -1.14. The summed E-state index contributed by atoms with van der Waals surface area (Å²) in [5.74, 6) is -0.0280. The quantitative estimate of drug-likeness (QED) is 0.218. The van der Waals surface area contributed by atoms with Gasteiger partial charge in [-0.3, -0.25) is 9.59 Å². The molecule has 0 radical (unpaired) electrons. The number of aliphatic hydroxyl groups excluding tert-OH is 2. The van der Waals surface area contributed by atoms with Crippen molar-refractivity contribution < 1.29 is 34.0 Å². The second-order valence-electron chi connectivity index (χ2n) is 12.0. The van der Waals surface area contributed by atoms with Crippen LogP contribution in [-0.4, -0.2) is 64.5 Å². The molecule has 1 aliphatic carbocycles. The molecular formula is C32H40Cl2N2O7. The molecule has 11 heteroatoms. The summed E-state index contributed by atoms with van der Waals surface area (Å²) < 4.78 is 17.7. The smallest absolute Gasteiger partial charge is 0.306 e. The van der Waals surface area contributed by atoms with Crippen LogP contribution in [-0.2, 0) is 19.1 Å². The van der Waals surface area contributed by atoms with Crippen molar-refractivity contribution in [2.75, 3.05) is 13.2 Å². The molecular weight excluding hydrogens is 595 g/mol. The topological polar surface area (TPSA) is 127 Å². The van der Waals surface area contributed by atoms with E-state index >= 15 is 0 Å². The SMILES string of the molecule is CC(C)(C)OC(=O)CC[C@@]1(C(=O)NC2CCC(O)CC2)N=C(c2ccc(OCCCO)cc2)O[C@@H]1c1ccc(Cl)cc1Cl. The van der Waals surface area contributed by atoms with E-state index in [0.29, 0.717) is 65.6 Å². The minimum atomic E-state index is -1.56. The van der Waals surface area contributed by atoms with E-state index in [4.69, 9.17) is 47.5 Å². The van der Waals surface area contributed by atoms with Crippen LogP contribution in [0.4, 0.5) is 0 Å². The Balaban J connectivity index is 1.73. The second-order valence-corrected chi connectivity index (χ2v) is 12.9. The molecule has 0 saturated heterocycles. The number of nitrogens with zero attached hydrogens (tertiary/aromatic N) is 1. The zero-order chi connectivity index (χ0) is 31.2. The lowest BCUT2D eigenvalue weighted by molar-refractivity contribution is -0.155. The Kier molecular flexibility index (Phi) is 11.0. The summed E-state index contributed by atoms with van der Waals surface area (Å²) in [7, 11) is 0. The van der Waals surface area contributed by atoms with Crippen LogP contribution in [0.15, 0.2) is 47.5 Å². The molecule has 234 valence electrons. The number of carbonyl (C=O) groups excluding carboxylic acids is 2. The molecule has 1 saturated carbocycles. The first-order valence-electron chi connectivity index (χ1n) is 14.7. The van der Waals surface area contributed by atoms with E-state index in [1.807, 2.05) is 0 Å². The molecule has 43 heavy (non-hydrogen) atoms. The largest absolute Gasteiger partial charge is 0.494 e. The van der Waals surface area contributed by atoms with E-state index < -0.39 is 29.1 Å². The van der Waals surface area contributed by atoms with Gasteiger partial charge in [0.05, 0.1) is 12.7 Å². The molecule has 0 aromatic heterocycles. The van der Waals surface area contributed by atoms with Gasteiger partial charge in [-0.2, -0.15) is 0 Å². The van der Waals surface area contributed by atoms with Gasteiger partial charge in [-0.05, 0) is 89.3 Å². The standard InChI is InChI=1S/C32H40Cl2N2O7/c1-31(2,3)43-27(39)15-16-32(30(40)35-22-8-10-23(38)11-9-22)28(25-14-7-21(33)19-26(25)34)42-29(36-32)20-5-12-24(13-6-20)41-18-4-17-37/h5-7,12-14,19,22-23,28,37-38H,4,8-11,15-18H2,1-3H3,(H,35,40)/t22?,23?,28-,32-/m1/s1. The molecule has 0 unspecified atom stereocenters. The average molecular weight is 636 g/mol. The van der Waals surface area contributed by atoms with Crippen molar-refractivity contribution in [3.8, 4) is 5.75 Å². The predicted molar refractivity (Wildman–Crippen MR) is 165 cm³/mol. The Hall–Kier alpha value is -2.85. The van der Waals surface area contributed by atoms with Gasteiger partial charge in [0.15, 0.2) is 11.6 Å². The van der Waals surface area contributed by atoms with E-state index in [-0.39, 0.29) is 37.5 Å². The number of carbonyl (C=O) groups is 2. The summed E-state index contributed by atoms with van der Waals surface area (Å²) in [6, 6.07) is 11.9. The Morgan fingerprint density at radius 3 is 2.42 bits per heavy atom. The van der Waals surface area contributed by atoms with Crippen molar-refractivity contribution in [3.63, 3.8) is 0 Å². The molecule has 2 atom stereocenters. The number of hydrogen-bond acceptors (Lipinski definition) is 8. The van der Waals surface area contributed by atoms with Crippen molar-refractivity contribution >= 4 is 41.0 Å². The van der Waals surface area contributed by atoms with Crippen LogP contribution < -0.4 is 10.1 Å². The number of aliphatic imine (C=N–C) groups is 1. The summed E-state index contributed by atoms with van der Waals surface area (Å²) in [5, 5.41) is 22.9. The fourth-order valence-corrected chi connectivity index (χ4v) is 5.78. The average Bonchev–Trinajstić information content (AvgIpc) is 3.33. The van der Waals surface area contributed by atoms with Crippen molar-refractivity contribution in [2.24, 2.45) is 4.99 Å². The van der Waals surface area contributed by atoms with Gasteiger partial charge in [-0.15, -0.1) is 0 Å². The van der Waals surface area contributed by atoms with Gasteiger partial charge < -0.3 is 29.7 Å². The number of aliphatic hydroxyl groups is 2. The number of benzene rings is 2. The molecule has 1 amide bonds. The summed E-state index contributed by atoms with van der Waals surface area (Å²) in [6.07, 6.45) is 1.48. The zero-order valence-electron chi connectivity index (χ0n) is 24.8. The van der Waals surface area contributed by atoms with Crippen LogP contribution in [0, 0.1) is 0 Å². The van der Waals surface area contributed by atoms with Gasteiger partial charge >= 0.3 is 5.97 Å². The van der Waals surface area contributed by atoms with Crippen molar-refractivity contribution in [1.29, 1.82) is 0 Å². The third-order valence-electron chi connectivity index (χ3n) is 7.44. The number of esters is 1. The number of nitrogens with one attached hydrogen (secondary N) is 1. The van der Waals surface area contributed by atoms with Crippen LogP contribution in [0.1, 0.15) is 82.9 Å². The molecule has 0 spiro atoms. The molecule has 1 heterocycles. The third kappa shape index (κ3) is 8.62. The first-order chi connectivity index (χ1) is 20.4. The Morgan fingerprint density at radius 1 is 1.09 bits per heavy atom. The van der Waals surface area contributed by atoms with Crippen LogP contribution in [0.5, 0.6) is 5.75 Å². The molecule has 0 bridgehead atoms. The van der Waals surface area contributed by atoms with Crippen LogP contribution >= 0.6 is 23.2 Å². The van der Waals surface area contributed by atoms with Crippen LogP contribution in [0.2, 0.25) is 10.0 Å². The summed E-state index contributed by atoms with van der Waals surface area (Å²) in [4.78, 5) is 32.2. The highest BCUT2D eigenvalue weighted by Gasteiger charge is 2.54. The molecule has 2 aliphatic rings. The molecule has 3 N–H and O–H groups in total. The number of ether oxygens (including phenoxy) is 3. The normalized spacial score (nSPS) is 23.7. The molecule has 1 aliphatic heterocycles. The lowest BCUT2D eigenvalue weighted by atomic mass is 9.82. The van der Waals surface area contributed by atoms with E-state index in [0.717, 1.165) is 0 Å². The molecule has 1 fully saturated rings. The van der Waals surface area contributed by atoms with Gasteiger partial charge in [-0.1, -0.05) is 29.3 Å². The Morgan fingerprint density at radius 2 is 1.79 bits per heavy atom. The maximum Gasteiger partial charge on any atom is 0.306 e. The highest BCUT2D eigenvalue weighted by molar-refractivity contribution is 6.35. The maximum atomic E-state index is 14.3. The highest BCUT2D eigenvalue weighted by Crippen LogP contribution is 2.46. The molecule has 2 aromatic rings. The highest BCUT2D eigenvalue weighted by atomic mass is 35.5. The number of hydrogen-bond donors (Lipinski definition) is 3. The van der Waals surface area contributed by atoms with Crippen molar-refractivity contribution in [1.82, 2.24) is 5.32 Å². The monoisotopic (exact) mass is 634 g/mol. The van der Waals surface area contributed by atoms with Crippen LogP contribution in [0.25, 0.3) is 0 Å². The van der Waals surface area contributed by atoms with Crippen molar-refractivity contribution in [3.05, 3.63) is 63.6 Å². The number of rotatable bonds is 11. The van der Waals surface area contributed by atoms with Gasteiger partial charge in [0.1, 0.15) is 11.4 Å². The first-order valence-corrected chi connectivity index (χ1v) is 15.4. The van der Waals surface area contributed by atoms with E-state index in [1.54, 1.807) is 63.2 Å². The van der Waals surface area contributed by atoms with Gasteiger partial charge in [-0.25, -0.2) is 4.99 Å². The summed E-state index contributed by atoms with van der Waals surface area (Å²) >= 11 is 12.9. The Labute approximate surface area is 262 Å².